The molecule has 0 aliphatic carbocycles. The number of hydrogen-bond donors (Lipinski definition) is 5. The normalized spacial score (nSPS) is 19.0. The summed E-state index contributed by atoms with van der Waals surface area (Å²) in [4.78, 5) is 18.4. The highest BCUT2D eigenvalue weighted by molar-refractivity contribution is 7.53. The van der Waals surface area contributed by atoms with E-state index in [0.717, 1.165) is 0 Å². The number of imidazole rings is 1. The Morgan fingerprint density at radius 1 is 1.29 bits per heavy atom. The highest BCUT2D eigenvalue weighted by Crippen LogP contribution is 2.52. The lowest BCUT2D eigenvalue weighted by molar-refractivity contribution is -0.107. The van der Waals surface area contributed by atoms with Crippen molar-refractivity contribution >= 4 is 18.8 Å². The summed E-state index contributed by atoms with van der Waals surface area (Å²) in [7, 11) is -2.58. The number of aryl methyl sites for hydroxylation is 1. The predicted molar refractivity (Wildman–Crippen MR) is 111 cm³/mol. The first-order chi connectivity index (χ1) is 14.5. The van der Waals surface area contributed by atoms with Gasteiger partial charge in [-0.25, -0.2) is 9.97 Å². The molecule has 0 saturated heterocycles. The van der Waals surface area contributed by atoms with Gasteiger partial charge in [-0.1, -0.05) is 13.8 Å². The van der Waals surface area contributed by atoms with Crippen molar-refractivity contribution < 1.29 is 34.0 Å². The van der Waals surface area contributed by atoms with Gasteiger partial charge in [-0.2, -0.15) is 0 Å². The van der Waals surface area contributed by atoms with Crippen molar-refractivity contribution in [2.24, 2.45) is 7.05 Å². The molecule has 13 heteroatoms. The minimum absolute atomic E-state index is 0.00229. The molecule has 0 spiro atoms. The second-order valence-corrected chi connectivity index (χ2v) is 9.54. The highest BCUT2D eigenvalue weighted by atomic mass is 31.2. The maximum atomic E-state index is 12.3. The van der Waals surface area contributed by atoms with Gasteiger partial charge in [0.2, 0.25) is 0 Å². The van der Waals surface area contributed by atoms with Crippen LogP contribution in [0.3, 0.4) is 0 Å². The van der Waals surface area contributed by atoms with Crippen molar-refractivity contribution in [1.82, 2.24) is 19.1 Å². The van der Waals surface area contributed by atoms with Gasteiger partial charge in [-0.05, 0) is 19.8 Å². The number of ether oxygens (including phenoxy) is 1. The Morgan fingerprint density at radius 2 is 1.97 bits per heavy atom. The van der Waals surface area contributed by atoms with Crippen LogP contribution in [0, 0.1) is 5.41 Å². The van der Waals surface area contributed by atoms with Crippen LogP contribution in [0.25, 0.3) is 11.2 Å². The zero-order chi connectivity index (χ0) is 23.4. The van der Waals surface area contributed by atoms with E-state index in [2.05, 4.69) is 9.97 Å². The Kier molecular flexibility index (Phi) is 8.51. The molecule has 0 saturated carbocycles. The average molecular weight is 461 g/mol. The summed E-state index contributed by atoms with van der Waals surface area (Å²) in [6, 6.07) is 0. The van der Waals surface area contributed by atoms with Crippen molar-refractivity contribution in [3.8, 4) is 0 Å². The zero-order valence-corrected chi connectivity index (χ0v) is 19.1. The van der Waals surface area contributed by atoms with Gasteiger partial charge in [0.1, 0.15) is 11.6 Å². The Bertz CT molecular complexity index is 980. The molecule has 2 aromatic rings. The first kappa shape index (κ1) is 25.6. The number of nitrogens with one attached hydrogen (secondary N) is 1. The van der Waals surface area contributed by atoms with Crippen LogP contribution in [-0.4, -0.2) is 70.1 Å². The molecular weight excluding hydrogens is 429 g/mol. The van der Waals surface area contributed by atoms with Gasteiger partial charge in [-0.3, -0.25) is 14.5 Å². The standard InChI is InChI=1S/C18H32N5O7P/c1-5-13(26)31(27,28)30-18(3,6-2)7-8-29-17(12(25)9-24)23-11-20-14-15(19)22(4)10-21-16(14)23/h10-13,17,19,24-26H,5-9H2,1-4H3,(H,27,28)/t12-,13?,17-,18?/m1/s1. The van der Waals surface area contributed by atoms with Gasteiger partial charge < -0.3 is 34.0 Å². The molecule has 5 N–H and O–H groups in total. The van der Waals surface area contributed by atoms with E-state index in [4.69, 9.17) is 14.7 Å². The Balaban J connectivity index is 2.20. The molecule has 0 bridgehead atoms. The van der Waals surface area contributed by atoms with Crippen molar-refractivity contribution in [1.29, 1.82) is 5.41 Å². The molecule has 5 atom stereocenters. The van der Waals surface area contributed by atoms with Crippen LogP contribution in [0.5, 0.6) is 0 Å². The molecular formula is C18H32N5O7P. The Labute approximate surface area is 180 Å². The SMILES string of the molecule is CCC(O)P(=O)(O)OC(C)(CC)CCO[C@H]([C@H](O)CO)n1cnc2c(=N)n(C)cnc21. The van der Waals surface area contributed by atoms with E-state index >= 15 is 0 Å². The Morgan fingerprint density at radius 3 is 2.55 bits per heavy atom. The highest BCUT2D eigenvalue weighted by Gasteiger charge is 2.38. The fourth-order valence-electron chi connectivity index (χ4n) is 2.96. The molecule has 2 rings (SSSR count). The van der Waals surface area contributed by atoms with Crippen LogP contribution < -0.4 is 5.49 Å². The molecule has 0 aliphatic rings. The van der Waals surface area contributed by atoms with E-state index < -0.39 is 38.0 Å². The third kappa shape index (κ3) is 5.78. The fraction of sp³-hybridized carbons (Fsp3) is 0.722. The summed E-state index contributed by atoms with van der Waals surface area (Å²) in [6.45, 7) is 4.41. The smallest absolute Gasteiger partial charge is 0.356 e. The van der Waals surface area contributed by atoms with Crippen LogP contribution >= 0.6 is 7.60 Å². The largest absolute Gasteiger partial charge is 0.394 e. The monoisotopic (exact) mass is 461 g/mol. The molecule has 31 heavy (non-hydrogen) atoms. The van der Waals surface area contributed by atoms with E-state index in [1.807, 2.05) is 0 Å². The number of aliphatic hydroxyl groups excluding tert-OH is 3. The number of nitrogens with zero attached hydrogens (tertiary/aromatic N) is 4. The summed E-state index contributed by atoms with van der Waals surface area (Å²) in [5.74, 6) is -1.48. The number of aliphatic hydroxyl groups is 3. The summed E-state index contributed by atoms with van der Waals surface area (Å²) in [5.41, 5.74) is -0.325. The van der Waals surface area contributed by atoms with Crippen LogP contribution in [0.15, 0.2) is 12.7 Å². The van der Waals surface area contributed by atoms with Gasteiger partial charge >= 0.3 is 7.60 Å². The van der Waals surface area contributed by atoms with E-state index in [0.29, 0.717) is 17.6 Å². The topological polar surface area (TPSA) is 176 Å². The molecule has 0 fully saturated rings. The third-order valence-corrected chi connectivity index (χ3v) is 7.07. The number of rotatable bonds is 12. The quantitative estimate of drug-likeness (QED) is 0.283. The molecule has 0 radical (unpaired) electrons. The lowest BCUT2D eigenvalue weighted by Crippen LogP contribution is -2.34. The minimum atomic E-state index is -4.24. The summed E-state index contributed by atoms with van der Waals surface area (Å²) < 4.78 is 26.4. The molecule has 0 aromatic carbocycles. The van der Waals surface area contributed by atoms with E-state index in [-0.39, 0.29) is 24.9 Å². The van der Waals surface area contributed by atoms with E-state index in [9.17, 15) is 24.8 Å². The van der Waals surface area contributed by atoms with Crippen LogP contribution in [0.2, 0.25) is 0 Å². The third-order valence-electron chi connectivity index (χ3n) is 5.25. The second-order valence-electron chi connectivity index (χ2n) is 7.64. The summed E-state index contributed by atoms with van der Waals surface area (Å²) in [6.07, 6.45) is 1.07. The summed E-state index contributed by atoms with van der Waals surface area (Å²) in [5, 5.41) is 37.6. The summed E-state index contributed by atoms with van der Waals surface area (Å²) >= 11 is 0. The number of aromatic nitrogens is 4. The first-order valence-corrected chi connectivity index (χ1v) is 11.7. The van der Waals surface area contributed by atoms with Crippen molar-refractivity contribution in [3.63, 3.8) is 0 Å². The number of fused-ring (bicyclic) bond motifs is 1. The van der Waals surface area contributed by atoms with Crippen molar-refractivity contribution in [3.05, 3.63) is 18.1 Å². The molecule has 12 nitrogen and oxygen atoms in total. The number of hydrogen-bond acceptors (Lipinski definition) is 9. The van der Waals surface area contributed by atoms with Crippen LogP contribution in [0.4, 0.5) is 0 Å². The first-order valence-electron chi connectivity index (χ1n) is 10.0. The zero-order valence-electron chi connectivity index (χ0n) is 18.2. The maximum Gasteiger partial charge on any atom is 0.356 e. The molecule has 2 heterocycles. The Hall–Kier alpha value is -1.66. The van der Waals surface area contributed by atoms with Crippen LogP contribution in [-0.2, 0) is 20.9 Å². The fourth-order valence-corrected chi connectivity index (χ4v) is 4.39. The second kappa shape index (κ2) is 10.3. The van der Waals surface area contributed by atoms with Crippen LogP contribution in [0.1, 0.15) is 46.3 Å². The lowest BCUT2D eigenvalue weighted by atomic mass is 10.0. The van der Waals surface area contributed by atoms with Gasteiger partial charge in [0.15, 0.2) is 23.2 Å². The molecule has 0 aliphatic heterocycles. The molecule has 2 aromatic heterocycles. The average Bonchev–Trinajstić information content (AvgIpc) is 3.16. The van der Waals surface area contributed by atoms with Crippen molar-refractivity contribution in [2.75, 3.05) is 13.2 Å². The predicted octanol–water partition coefficient (Wildman–Crippen LogP) is 0.607. The van der Waals surface area contributed by atoms with Crippen molar-refractivity contribution in [2.45, 2.75) is 63.8 Å². The molecule has 176 valence electrons. The van der Waals surface area contributed by atoms with Gasteiger partial charge in [0.25, 0.3) is 0 Å². The molecule has 3 unspecified atom stereocenters. The van der Waals surface area contributed by atoms with Gasteiger partial charge in [0, 0.05) is 13.5 Å². The van der Waals surface area contributed by atoms with Gasteiger partial charge in [0.05, 0.1) is 31.5 Å². The molecule has 0 amide bonds. The minimum Gasteiger partial charge on any atom is -0.394 e. The van der Waals surface area contributed by atoms with E-state index in [1.165, 1.54) is 21.8 Å². The van der Waals surface area contributed by atoms with E-state index in [1.54, 1.807) is 27.8 Å². The lowest BCUT2D eigenvalue weighted by Gasteiger charge is -2.33. The van der Waals surface area contributed by atoms with Gasteiger partial charge in [-0.15, -0.1) is 0 Å². The maximum absolute atomic E-state index is 12.3.